The Morgan fingerprint density at radius 2 is 1.82 bits per heavy atom. The summed E-state index contributed by atoms with van der Waals surface area (Å²) < 4.78 is 37.7. The molecular formula is C18H18ClN3O4S2. The summed E-state index contributed by atoms with van der Waals surface area (Å²) in [5.74, 6) is 1.01. The van der Waals surface area contributed by atoms with Gasteiger partial charge in [-0.3, -0.25) is 4.72 Å². The number of hydrogen-bond acceptors (Lipinski definition) is 7. The van der Waals surface area contributed by atoms with Crippen molar-refractivity contribution >= 4 is 38.1 Å². The van der Waals surface area contributed by atoms with E-state index < -0.39 is 10.0 Å². The summed E-state index contributed by atoms with van der Waals surface area (Å²) in [5.41, 5.74) is 1.46. The molecule has 2 aromatic carbocycles. The van der Waals surface area contributed by atoms with E-state index in [2.05, 4.69) is 14.9 Å². The molecule has 0 fully saturated rings. The quantitative estimate of drug-likeness (QED) is 0.575. The van der Waals surface area contributed by atoms with E-state index in [0.29, 0.717) is 33.5 Å². The summed E-state index contributed by atoms with van der Waals surface area (Å²) in [6, 6.07) is 12.4. The van der Waals surface area contributed by atoms with Gasteiger partial charge in [0.15, 0.2) is 11.5 Å². The van der Waals surface area contributed by atoms with E-state index in [1.165, 1.54) is 11.3 Å². The van der Waals surface area contributed by atoms with E-state index in [9.17, 15) is 8.42 Å². The van der Waals surface area contributed by atoms with Crippen molar-refractivity contribution in [3.05, 3.63) is 63.6 Å². The highest BCUT2D eigenvalue weighted by Gasteiger charge is 2.17. The fourth-order valence-corrected chi connectivity index (χ4v) is 5.02. The largest absolute Gasteiger partial charge is 0.493 e. The van der Waals surface area contributed by atoms with Gasteiger partial charge in [-0.05, 0) is 29.3 Å². The molecule has 7 nitrogen and oxygen atoms in total. The van der Waals surface area contributed by atoms with Gasteiger partial charge in [0, 0.05) is 11.4 Å². The first-order valence-corrected chi connectivity index (χ1v) is 11.0. The SMILES string of the molecule is COc1ccc(Cc2nnc(NS(=O)(=O)Cc3ccccc3Cl)s2)cc1OC. The van der Waals surface area contributed by atoms with Gasteiger partial charge in [0.2, 0.25) is 15.2 Å². The van der Waals surface area contributed by atoms with Crippen LogP contribution in [-0.2, 0) is 22.2 Å². The number of ether oxygens (including phenoxy) is 2. The van der Waals surface area contributed by atoms with E-state index in [4.69, 9.17) is 21.1 Å². The second-order valence-corrected chi connectivity index (χ2v) is 9.01. The zero-order valence-corrected chi connectivity index (χ0v) is 17.6. The highest BCUT2D eigenvalue weighted by molar-refractivity contribution is 7.92. The Morgan fingerprint density at radius 1 is 1.07 bits per heavy atom. The molecule has 3 rings (SSSR count). The second kappa shape index (κ2) is 8.76. The van der Waals surface area contributed by atoms with Crippen molar-refractivity contribution in [2.45, 2.75) is 12.2 Å². The standard InChI is InChI=1S/C18H18ClN3O4S2/c1-25-15-8-7-12(9-16(15)26-2)10-17-20-21-18(27-17)22-28(23,24)11-13-5-3-4-6-14(13)19/h3-9H,10-11H2,1-2H3,(H,21,22). The highest BCUT2D eigenvalue weighted by atomic mass is 35.5. The van der Waals surface area contributed by atoms with E-state index >= 15 is 0 Å². The molecule has 3 aromatic rings. The number of hydrogen-bond donors (Lipinski definition) is 1. The summed E-state index contributed by atoms with van der Waals surface area (Å²) in [5, 5.41) is 9.27. The van der Waals surface area contributed by atoms with Gasteiger partial charge in [-0.2, -0.15) is 0 Å². The van der Waals surface area contributed by atoms with Crippen LogP contribution in [0.2, 0.25) is 5.02 Å². The lowest BCUT2D eigenvalue weighted by Gasteiger charge is -2.08. The van der Waals surface area contributed by atoms with Crippen LogP contribution in [0.5, 0.6) is 11.5 Å². The van der Waals surface area contributed by atoms with E-state index in [1.807, 2.05) is 18.2 Å². The normalized spacial score (nSPS) is 11.2. The van der Waals surface area contributed by atoms with Gasteiger partial charge in [-0.15, -0.1) is 10.2 Å². The van der Waals surface area contributed by atoms with Crippen LogP contribution in [0, 0.1) is 0 Å². The minimum Gasteiger partial charge on any atom is -0.493 e. The third-order valence-corrected chi connectivity index (χ3v) is 6.35. The number of aromatic nitrogens is 2. The predicted octanol–water partition coefficient (Wildman–Crippen LogP) is 3.74. The molecule has 10 heteroatoms. The predicted molar refractivity (Wildman–Crippen MR) is 110 cm³/mol. The van der Waals surface area contributed by atoms with Crippen LogP contribution < -0.4 is 14.2 Å². The summed E-state index contributed by atoms with van der Waals surface area (Å²) in [6.45, 7) is 0. The number of halogens is 1. The first-order valence-electron chi connectivity index (χ1n) is 8.17. The van der Waals surface area contributed by atoms with Crippen LogP contribution in [0.3, 0.4) is 0 Å². The Labute approximate surface area is 172 Å². The molecule has 0 spiro atoms. The maximum Gasteiger partial charge on any atom is 0.238 e. The topological polar surface area (TPSA) is 90.4 Å². The van der Waals surface area contributed by atoms with Gasteiger partial charge in [-0.25, -0.2) is 8.42 Å². The fourth-order valence-electron chi connectivity index (χ4n) is 2.52. The Kier molecular flexibility index (Phi) is 6.38. The molecule has 0 aliphatic heterocycles. The van der Waals surface area contributed by atoms with Gasteiger partial charge >= 0.3 is 0 Å². The van der Waals surface area contributed by atoms with Crippen molar-refractivity contribution in [2.24, 2.45) is 0 Å². The third kappa shape index (κ3) is 5.12. The van der Waals surface area contributed by atoms with Crippen LogP contribution >= 0.6 is 22.9 Å². The van der Waals surface area contributed by atoms with Gasteiger partial charge in [0.25, 0.3) is 0 Å². The minimum atomic E-state index is -3.65. The lowest BCUT2D eigenvalue weighted by Crippen LogP contribution is -2.15. The van der Waals surface area contributed by atoms with Crippen molar-refractivity contribution in [3.8, 4) is 11.5 Å². The fraction of sp³-hybridized carbons (Fsp3) is 0.222. The first kappa shape index (κ1) is 20.4. The smallest absolute Gasteiger partial charge is 0.238 e. The van der Waals surface area contributed by atoms with Crippen molar-refractivity contribution in [1.29, 1.82) is 0 Å². The number of methoxy groups -OCH3 is 2. The minimum absolute atomic E-state index is 0.211. The van der Waals surface area contributed by atoms with Crippen LogP contribution in [0.25, 0.3) is 0 Å². The molecule has 148 valence electrons. The van der Waals surface area contributed by atoms with Crippen LogP contribution in [0.4, 0.5) is 5.13 Å². The summed E-state index contributed by atoms with van der Waals surface area (Å²) in [6.07, 6.45) is 0.490. The van der Waals surface area contributed by atoms with Crippen LogP contribution in [-0.4, -0.2) is 32.8 Å². The molecule has 0 bridgehead atoms. The number of nitrogens with zero attached hydrogens (tertiary/aromatic N) is 2. The molecule has 0 radical (unpaired) electrons. The molecule has 0 amide bonds. The number of anilines is 1. The Bertz CT molecular complexity index is 1070. The number of nitrogens with one attached hydrogen (secondary N) is 1. The molecule has 1 aromatic heterocycles. The Balaban J connectivity index is 1.69. The van der Waals surface area contributed by atoms with Crippen molar-refractivity contribution in [2.75, 3.05) is 18.9 Å². The zero-order valence-electron chi connectivity index (χ0n) is 15.2. The van der Waals surface area contributed by atoms with Crippen molar-refractivity contribution in [1.82, 2.24) is 10.2 Å². The van der Waals surface area contributed by atoms with E-state index in [0.717, 1.165) is 5.56 Å². The highest BCUT2D eigenvalue weighted by Crippen LogP contribution is 2.29. The molecule has 0 atom stereocenters. The van der Waals surface area contributed by atoms with Gasteiger partial charge < -0.3 is 9.47 Å². The van der Waals surface area contributed by atoms with Crippen molar-refractivity contribution < 1.29 is 17.9 Å². The molecule has 0 aliphatic rings. The lowest BCUT2D eigenvalue weighted by atomic mass is 10.1. The van der Waals surface area contributed by atoms with Crippen molar-refractivity contribution in [3.63, 3.8) is 0 Å². The molecule has 0 saturated heterocycles. The number of benzene rings is 2. The third-order valence-electron chi connectivity index (χ3n) is 3.82. The van der Waals surface area contributed by atoms with Gasteiger partial charge in [0.05, 0.1) is 20.0 Å². The lowest BCUT2D eigenvalue weighted by molar-refractivity contribution is 0.354. The first-order chi connectivity index (χ1) is 13.4. The number of rotatable bonds is 8. The zero-order chi connectivity index (χ0) is 20.1. The van der Waals surface area contributed by atoms with Gasteiger partial charge in [-0.1, -0.05) is 47.2 Å². The average molecular weight is 440 g/mol. The van der Waals surface area contributed by atoms with Crippen LogP contribution in [0.1, 0.15) is 16.1 Å². The number of sulfonamides is 1. The summed E-state index contributed by atoms with van der Waals surface area (Å²) in [4.78, 5) is 0. The summed E-state index contributed by atoms with van der Waals surface area (Å²) >= 11 is 7.21. The van der Waals surface area contributed by atoms with E-state index in [1.54, 1.807) is 38.5 Å². The molecule has 0 aliphatic carbocycles. The summed E-state index contributed by atoms with van der Waals surface area (Å²) in [7, 11) is -0.512. The molecule has 0 unspecified atom stereocenters. The van der Waals surface area contributed by atoms with Crippen LogP contribution in [0.15, 0.2) is 42.5 Å². The monoisotopic (exact) mass is 439 g/mol. The molecule has 0 saturated carbocycles. The second-order valence-electron chi connectivity index (χ2n) is 5.82. The molecule has 28 heavy (non-hydrogen) atoms. The van der Waals surface area contributed by atoms with Gasteiger partial charge in [0.1, 0.15) is 5.01 Å². The molecular weight excluding hydrogens is 422 g/mol. The maximum absolute atomic E-state index is 12.4. The molecule has 1 heterocycles. The Morgan fingerprint density at radius 3 is 2.54 bits per heavy atom. The maximum atomic E-state index is 12.4. The Hall–Kier alpha value is -2.36. The molecule has 1 N–H and O–H groups in total. The average Bonchev–Trinajstić information content (AvgIpc) is 3.09. The van der Waals surface area contributed by atoms with E-state index in [-0.39, 0.29) is 10.9 Å².